The van der Waals surface area contributed by atoms with Crippen molar-refractivity contribution in [1.82, 2.24) is 15.3 Å². The summed E-state index contributed by atoms with van der Waals surface area (Å²) in [6, 6.07) is 4.19. The minimum absolute atomic E-state index is 0.544. The van der Waals surface area contributed by atoms with E-state index in [0.717, 1.165) is 28.3 Å². The quantitative estimate of drug-likeness (QED) is 0.786. The number of thiazole rings is 1. The number of nitrogens with zero attached hydrogens (tertiary/aromatic N) is 2. The van der Waals surface area contributed by atoms with Gasteiger partial charge in [0.15, 0.2) is 0 Å². The van der Waals surface area contributed by atoms with E-state index in [1.165, 1.54) is 9.58 Å². The second-order valence-corrected chi connectivity index (χ2v) is 6.41. The van der Waals surface area contributed by atoms with Crippen molar-refractivity contribution < 1.29 is 4.74 Å². The summed E-state index contributed by atoms with van der Waals surface area (Å²) in [6.45, 7) is 1.35. The zero-order valence-corrected chi connectivity index (χ0v) is 13.0. The van der Waals surface area contributed by atoms with E-state index in [1.54, 1.807) is 29.8 Å². The van der Waals surface area contributed by atoms with Crippen molar-refractivity contribution in [2.45, 2.75) is 13.2 Å². The molecule has 0 aromatic carbocycles. The van der Waals surface area contributed by atoms with Gasteiger partial charge in [-0.1, -0.05) is 0 Å². The van der Waals surface area contributed by atoms with Crippen LogP contribution < -0.4 is 5.32 Å². The topological polar surface area (TPSA) is 47.0 Å². The molecule has 0 bridgehead atoms. The van der Waals surface area contributed by atoms with Crippen LogP contribution in [0.2, 0.25) is 0 Å². The van der Waals surface area contributed by atoms with Gasteiger partial charge in [-0.3, -0.25) is 4.98 Å². The number of rotatable bonds is 5. The molecule has 3 rings (SSSR count). The fourth-order valence-corrected chi connectivity index (χ4v) is 3.86. The van der Waals surface area contributed by atoms with E-state index < -0.39 is 0 Å². The van der Waals surface area contributed by atoms with Gasteiger partial charge in [0.1, 0.15) is 5.01 Å². The van der Waals surface area contributed by atoms with Gasteiger partial charge < -0.3 is 10.1 Å². The summed E-state index contributed by atoms with van der Waals surface area (Å²) in [5, 5.41) is 6.24. The molecule has 0 aliphatic heterocycles. The Kier molecular flexibility index (Phi) is 4.07. The fraction of sp³-hybridized carbons (Fsp3) is 0.286. The second kappa shape index (κ2) is 5.97. The first-order valence-corrected chi connectivity index (χ1v) is 7.97. The van der Waals surface area contributed by atoms with Crippen LogP contribution in [0.5, 0.6) is 0 Å². The molecular weight excluding hydrogens is 290 g/mol. The SMILES string of the molecule is CNCc1sc(-c2cnc3ccsc3c2)nc1COC. The lowest BCUT2D eigenvalue weighted by Gasteiger charge is -1.98. The maximum absolute atomic E-state index is 5.22. The first-order chi connectivity index (χ1) is 9.81. The molecule has 3 heterocycles. The van der Waals surface area contributed by atoms with Gasteiger partial charge >= 0.3 is 0 Å². The van der Waals surface area contributed by atoms with Crippen molar-refractivity contribution in [3.05, 3.63) is 34.3 Å². The molecule has 0 saturated heterocycles. The number of nitrogens with one attached hydrogen (secondary N) is 1. The van der Waals surface area contributed by atoms with Gasteiger partial charge in [-0.15, -0.1) is 22.7 Å². The van der Waals surface area contributed by atoms with Crippen molar-refractivity contribution >= 4 is 32.9 Å². The van der Waals surface area contributed by atoms with Gasteiger partial charge in [0.25, 0.3) is 0 Å². The van der Waals surface area contributed by atoms with Gasteiger partial charge in [-0.25, -0.2) is 4.98 Å². The van der Waals surface area contributed by atoms with Gasteiger partial charge in [-0.05, 0) is 24.6 Å². The Bertz CT molecular complexity index is 697. The first-order valence-electron chi connectivity index (χ1n) is 6.27. The minimum atomic E-state index is 0.544. The molecule has 4 nitrogen and oxygen atoms in total. The number of methoxy groups -OCH3 is 1. The maximum Gasteiger partial charge on any atom is 0.125 e. The van der Waals surface area contributed by atoms with Crippen LogP contribution >= 0.6 is 22.7 Å². The highest BCUT2D eigenvalue weighted by atomic mass is 32.1. The van der Waals surface area contributed by atoms with Crippen LogP contribution in [0.1, 0.15) is 10.6 Å². The Labute approximate surface area is 125 Å². The van der Waals surface area contributed by atoms with E-state index in [4.69, 9.17) is 9.72 Å². The predicted octanol–water partition coefficient (Wildman–Crippen LogP) is 3.29. The molecule has 0 aliphatic rings. The summed E-state index contributed by atoms with van der Waals surface area (Å²) in [7, 11) is 3.64. The smallest absolute Gasteiger partial charge is 0.125 e. The molecule has 0 saturated carbocycles. The van der Waals surface area contributed by atoms with Crippen LogP contribution in [0, 0.1) is 0 Å². The third kappa shape index (κ3) is 2.60. The average Bonchev–Trinajstić information content (AvgIpc) is 3.06. The lowest BCUT2D eigenvalue weighted by molar-refractivity contribution is 0.181. The molecule has 0 aliphatic carbocycles. The molecule has 0 fully saturated rings. The van der Waals surface area contributed by atoms with Gasteiger partial charge in [0.05, 0.1) is 22.5 Å². The van der Waals surface area contributed by atoms with Crippen LogP contribution in [-0.4, -0.2) is 24.1 Å². The van der Waals surface area contributed by atoms with Gasteiger partial charge in [0, 0.05) is 30.3 Å². The summed E-state index contributed by atoms with van der Waals surface area (Å²) in [6.07, 6.45) is 1.90. The Morgan fingerprint density at radius 2 is 2.30 bits per heavy atom. The normalized spacial score (nSPS) is 11.3. The zero-order chi connectivity index (χ0) is 13.9. The Morgan fingerprint density at radius 1 is 1.40 bits per heavy atom. The molecule has 3 aromatic heterocycles. The minimum Gasteiger partial charge on any atom is -0.378 e. The standard InChI is InChI=1S/C14H15N3OS2/c1-15-7-13-11(8-18-2)17-14(20-13)9-5-12-10(16-6-9)3-4-19-12/h3-6,15H,7-8H2,1-2H3. The number of aromatic nitrogens is 2. The van der Waals surface area contributed by atoms with Crippen molar-refractivity contribution in [1.29, 1.82) is 0 Å². The average molecular weight is 305 g/mol. The van der Waals surface area contributed by atoms with Crippen LogP contribution in [0.25, 0.3) is 20.8 Å². The highest BCUT2D eigenvalue weighted by Crippen LogP contribution is 2.31. The van der Waals surface area contributed by atoms with Gasteiger partial charge in [-0.2, -0.15) is 0 Å². The lowest BCUT2D eigenvalue weighted by Crippen LogP contribution is -2.06. The largest absolute Gasteiger partial charge is 0.378 e. The number of fused-ring (bicyclic) bond motifs is 1. The molecule has 0 atom stereocenters. The second-order valence-electron chi connectivity index (χ2n) is 4.38. The van der Waals surface area contributed by atoms with E-state index in [1.807, 2.05) is 19.3 Å². The molecule has 0 unspecified atom stereocenters. The molecule has 0 spiro atoms. The van der Waals surface area contributed by atoms with Crippen molar-refractivity contribution in [3.63, 3.8) is 0 Å². The highest BCUT2D eigenvalue weighted by Gasteiger charge is 2.13. The fourth-order valence-electron chi connectivity index (χ4n) is 2.02. The Balaban J connectivity index is 2.01. The monoisotopic (exact) mass is 305 g/mol. The van der Waals surface area contributed by atoms with Crippen LogP contribution in [0.4, 0.5) is 0 Å². The molecule has 6 heteroatoms. The Hall–Kier alpha value is -1.34. The van der Waals surface area contributed by atoms with E-state index in [-0.39, 0.29) is 0 Å². The molecule has 0 radical (unpaired) electrons. The maximum atomic E-state index is 5.22. The van der Waals surface area contributed by atoms with Crippen molar-refractivity contribution in [2.75, 3.05) is 14.2 Å². The molecule has 104 valence electrons. The number of hydrogen-bond acceptors (Lipinski definition) is 6. The van der Waals surface area contributed by atoms with E-state index in [2.05, 4.69) is 21.7 Å². The summed E-state index contributed by atoms with van der Waals surface area (Å²) in [5.41, 5.74) is 3.13. The number of thiophene rings is 1. The predicted molar refractivity (Wildman–Crippen MR) is 84.2 cm³/mol. The molecular formula is C14H15N3OS2. The number of pyridine rings is 1. The van der Waals surface area contributed by atoms with Crippen LogP contribution in [0.3, 0.4) is 0 Å². The third-order valence-corrected chi connectivity index (χ3v) is 4.95. The summed E-state index contributed by atoms with van der Waals surface area (Å²) in [4.78, 5) is 10.4. The first kappa shape index (κ1) is 13.6. The van der Waals surface area contributed by atoms with Crippen LogP contribution in [-0.2, 0) is 17.9 Å². The lowest BCUT2D eigenvalue weighted by atomic mass is 10.3. The zero-order valence-electron chi connectivity index (χ0n) is 11.3. The van der Waals surface area contributed by atoms with Crippen LogP contribution in [0.15, 0.2) is 23.7 Å². The van der Waals surface area contributed by atoms with E-state index >= 15 is 0 Å². The molecule has 3 aromatic rings. The molecule has 20 heavy (non-hydrogen) atoms. The van der Waals surface area contributed by atoms with Crippen molar-refractivity contribution in [3.8, 4) is 10.6 Å². The van der Waals surface area contributed by atoms with Crippen molar-refractivity contribution in [2.24, 2.45) is 0 Å². The molecule has 1 N–H and O–H groups in total. The Morgan fingerprint density at radius 3 is 3.10 bits per heavy atom. The third-order valence-electron chi connectivity index (χ3n) is 2.95. The highest BCUT2D eigenvalue weighted by molar-refractivity contribution is 7.17. The number of ether oxygens (including phenoxy) is 1. The van der Waals surface area contributed by atoms with E-state index in [9.17, 15) is 0 Å². The molecule has 0 amide bonds. The number of hydrogen-bond donors (Lipinski definition) is 1. The van der Waals surface area contributed by atoms with Gasteiger partial charge in [0.2, 0.25) is 0 Å². The summed E-state index contributed by atoms with van der Waals surface area (Å²) >= 11 is 3.40. The summed E-state index contributed by atoms with van der Waals surface area (Å²) in [5.74, 6) is 0. The van der Waals surface area contributed by atoms with E-state index in [0.29, 0.717) is 6.61 Å². The summed E-state index contributed by atoms with van der Waals surface area (Å²) < 4.78 is 6.42.